The van der Waals surface area contributed by atoms with Crippen LogP contribution in [0.3, 0.4) is 0 Å². The van der Waals surface area contributed by atoms with E-state index in [4.69, 9.17) is 14.5 Å². The standard InChI is InChI=1S/C31H27N3O2S/c1-33-18-24(16-21-8-4-2-5-9-21)29-25(19-33)30(22-10-6-3-7-11-22)34-26(20-37-31(34)32-29)23-12-13-27-28(17-23)36-15-14-35-27/h2-13,16-17,20,30H,14-15,18-19H2,1H3/b24-16+/t30-/m0/s1. The van der Waals surface area contributed by atoms with E-state index in [-0.39, 0.29) is 6.04 Å². The highest BCUT2D eigenvalue weighted by atomic mass is 32.2. The minimum atomic E-state index is 0.0556. The smallest absolute Gasteiger partial charge is 0.174 e. The molecule has 3 aromatic carbocycles. The molecule has 0 aromatic heterocycles. The molecule has 6 heteroatoms. The average Bonchev–Trinajstić information content (AvgIpc) is 3.36. The van der Waals surface area contributed by atoms with Crippen LogP contribution in [0.15, 0.2) is 106 Å². The Bertz CT molecular complexity index is 1480. The Kier molecular flexibility index (Phi) is 5.64. The van der Waals surface area contributed by atoms with Gasteiger partial charge < -0.3 is 14.4 Å². The van der Waals surface area contributed by atoms with Gasteiger partial charge in [-0.1, -0.05) is 72.4 Å². The molecule has 0 saturated carbocycles. The number of thioether (sulfide) groups is 1. The number of fused-ring (bicyclic) bond motifs is 2. The van der Waals surface area contributed by atoms with Crippen LogP contribution in [0.2, 0.25) is 0 Å². The number of ether oxygens (including phenoxy) is 2. The minimum absolute atomic E-state index is 0.0556. The number of likely N-dealkylation sites (N-methyl/N-ethyl adjacent to an activating group) is 1. The highest BCUT2D eigenvalue weighted by Gasteiger charge is 2.41. The predicted octanol–water partition coefficient (Wildman–Crippen LogP) is 6.20. The molecule has 0 N–H and O–H groups in total. The first-order chi connectivity index (χ1) is 18.2. The molecule has 0 unspecified atom stereocenters. The summed E-state index contributed by atoms with van der Waals surface area (Å²) in [6.45, 7) is 2.91. The lowest BCUT2D eigenvalue weighted by Gasteiger charge is -2.42. The van der Waals surface area contributed by atoms with Gasteiger partial charge in [0.15, 0.2) is 16.7 Å². The van der Waals surface area contributed by atoms with Crippen LogP contribution in [-0.4, -0.2) is 48.3 Å². The van der Waals surface area contributed by atoms with Gasteiger partial charge in [0.05, 0.1) is 17.4 Å². The van der Waals surface area contributed by atoms with Crippen molar-refractivity contribution in [1.29, 1.82) is 0 Å². The maximum Gasteiger partial charge on any atom is 0.174 e. The fourth-order valence-corrected chi connectivity index (χ4v) is 6.45. The number of nitrogens with zero attached hydrogens (tertiary/aromatic N) is 3. The van der Waals surface area contributed by atoms with Crippen LogP contribution in [-0.2, 0) is 0 Å². The van der Waals surface area contributed by atoms with E-state index in [2.05, 4.69) is 101 Å². The molecule has 0 radical (unpaired) electrons. The van der Waals surface area contributed by atoms with Crippen LogP contribution >= 0.6 is 11.8 Å². The van der Waals surface area contributed by atoms with Gasteiger partial charge in [-0.3, -0.25) is 4.90 Å². The maximum atomic E-state index is 5.91. The number of aliphatic imine (C=N–C) groups is 1. The lowest BCUT2D eigenvalue weighted by atomic mass is 9.88. The fraction of sp³-hybridized carbons (Fsp3) is 0.194. The molecule has 0 amide bonds. The number of amidine groups is 1. The van der Waals surface area contributed by atoms with Gasteiger partial charge in [0.2, 0.25) is 0 Å². The molecule has 0 fully saturated rings. The number of hydrogen-bond donors (Lipinski definition) is 0. The van der Waals surface area contributed by atoms with Gasteiger partial charge >= 0.3 is 0 Å². The van der Waals surface area contributed by atoms with Crippen molar-refractivity contribution in [2.45, 2.75) is 6.04 Å². The first-order valence-corrected chi connectivity index (χ1v) is 13.5. The predicted molar refractivity (Wildman–Crippen MR) is 150 cm³/mol. The van der Waals surface area contributed by atoms with Crippen LogP contribution in [0.25, 0.3) is 11.8 Å². The summed E-state index contributed by atoms with van der Waals surface area (Å²) in [6, 6.07) is 27.7. The normalized spacial score (nSPS) is 21.9. The number of benzene rings is 3. The van der Waals surface area contributed by atoms with Crippen LogP contribution < -0.4 is 9.47 Å². The summed E-state index contributed by atoms with van der Waals surface area (Å²) in [6.07, 6.45) is 2.29. The van der Waals surface area contributed by atoms with Crippen molar-refractivity contribution >= 4 is 28.7 Å². The van der Waals surface area contributed by atoms with Gasteiger partial charge in [0.25, 0.3) is 0 Å². The molecule has 3 aromatic rings. The Morgan fingerprint density at radius 1 is 0.892 bits per heavy atom. The van der Waals surface area contributed by atoms with E-state index in [1.54, 1.807) is 11.8 Å². The van der Waals surface area contributed by atoms with Gasteiger partial charge in [-0.05, 0) is 53.6 Å². The first kappa shape index (κ1) is 22.5. The van der Waals surface area contributed by atoms with Crippen LogP contribution in [0.5, 0.6) is 11.5 Å². The zero-order valence-corrected chi connectivity index (χ0v) is 21.4. The second-order valence-corrected chi connectivity index (χ2v) is 10.5. The lowest BCUT2D eigenvalue weighted by molar-refractivity contribution is 0.171. The van der Waals surface area contributed by atoms with Gasteiger partial charge in [-0.2, -0.15) is 0 Å². The van der Waals surface area contributed by atoms with E-state index in [1.165, 1.54) is 22.3 Å². The molecule has 1 atom stereocenters. The van der Waals surface area contributed by atoms with Gasteiger partial charge in [-0.25, -0.2) is 4.99 Å². The Hall–Kier alpha value is -3.74. The third-order valence-corrected chi connectivity index (χ3v) is 7.96. The van der Waals surface area contributed by atoms with Crippen molar-refractivity contribution in [3.63, 3.8) is 0 Å². The molecule has 0 aliphatic carbocycles. The molecule has 7 rings (SSSR count). The van der Waals surface area contributed by atoms with Crippen molar-refractivity contribution in [3.05, 3.63) is 118 Å². The minimum Gasteiger partial charge on any atom is -0.486 e. The Morgan fingerprint density at radius 3 is 2.46 bits per heavy atom. The number of hydrogen-bond acceptors (Lipinski definition) is 6. The van der Waals surface area contributed by atoms with Gasteiger partial charge in [0, 0.05) is 24.1 Å². The summed E-state index contributed by atoms with van der Waals surface area (Å²) < 4.78 is 11.7. The molecule has 184 valence electrons. The number of rotatable bonds is 3. The van der Waals surface area contributed by atoms with Crippen molar-refractivity contribution in [2.75, 3.05) is 33.4 Å². The Labute approximate surface area is 221 Å². The highest BCUT2D eigenvalue weighted by Crippen LogP contribution is 2.49. The third kappa shape index (κ3) is 4.06. The molecule has 4 heterocycles. The third-order valence-electron chi connectivity index (χ3n) is 7.12. The average molecular weight is 506 g/mol. The summed E-state index contributed by atoms with van der Waals surface area (Å²) in [5, 5.41) is 3.24. The Balaban J connectivity index is 1.36. The van der Waals surface area contributed by atoms with Crippen molar-refractivity contribution in [2.24, 2.45) is 4.99 Å². The van der Waals surface area contributed by atoms with Crippen LogP contribution in [0.4, 0.5) is 0 Å². The zero-order chi connectivity index (χ0) is 24.8. The quantitative estimate of drug-likeness (QED) is 0.424. The molecule has 4 aliphatic heterocycles. The molecule has 5 nitrogen and oxygen atoms in total. The summed E-state index contributed by atoms with van der Waals surface area (Å²) in [4.78, 5) is 10.1. The van der Waals surface area contributed by atoms with Gasteiger partial charge in [0.1, 0.15) is 13.2 Å². The fourth-order valence-electron chi connectivity index (χ4n) is 5.52. The van der Waals surface area contributed by atoms with Crippen LogP contribution in [0.1, 0.15) is 22.7 Å². The van der Waals surface area contributed by atoms with E-state index in [9.17, 15) is 0 Å². The van der Waals surface area contributed by atoms with Crippen molar-refractivity contribution < 1.29 is 9.47 Å². The first-order valence-electron chi connectivity index (χ1n) is 12.6. The monoisotopic (exact) mass is 505 g/mol. The summed E-state index contributed by atoms with van der Waals surface area (Å²) in [5.74, 6) is 1.61. The SMILES string of the molecule is CN1CC2=C(N=C3SC=C(c4ccc5c(c4)OCCO5)N3[C@H]2c2ccccc2)/C(=C/c2ccccc2)C1. The van der Waals surface area contributed by atoms with Crippen molar-refractivity contribution in [3.8, 4) is 11.5 Å². The van der Waals surface area contributed by atoms with E-state index >= 15 is 0 Å². The van der Waals surface area contributed by atoms with Crippen molar-refractivity contribution in [1.82, 2.24) is 9.80 Å². The molecular formula is C31H27N3O2S. The molecule has 0 bridgehead atoms. The second-order valence-electron chi connectivity index (χ2n) is 9.68. The van der Waals surface area contributed by atoms with Gasteiger partial charge in [-0.15, -0.1) is 0 Å². The Morgan fingerprint density at radius 2 is 1.65 bits per heavy atom. The summed E-state index contributed by atoms with van der Waals surface area (Å²) >= 11 is 1.70. The summed E-state index contributed by atoms with van der Waals surface area (Å²) in [5.41, 5.74) is 8.44. The molecular weight excluding hydrogens is 478 g/mol. The van der Waals surface area contributed by atoms with Crippen LogP contribution in [0, 0.1) is 0 Å². The highest BCUT2D eigenvalue weighted by molar-refractivity contribution is 8.16. The van der Waals surface area contributed by atoms with E-state index in [0.717, 1.165) is 46.7 Å². The molecule has 4 aliphatic rings. The molecule has 0 saturated heterocycles. The molecule has 37 heavy (non-hydrogen) atoms. The zero-order valence-electron chi connectivity index (χ0n) is 20.6. The lowest BCUT2D eigenvalue weighted by Crippen LogP contribution is -2.40. The van der Waals surface area contributed by atoms with E-state index in [0.29, 0.717) is 13.2 Å². The topological polar surface area (TPSA) is 37.3 Å². The largest absolute Gasteiger partial charge is 0.486 e. The van der Waals surface area contributed by atoms with E-state index < -0.39 is 0 Å². The molecule has 0 spiro atoms. The maximum absolute atomic E-state index is 5.91. The van der Waals surface area contributed by atoms with E-state index in [1.807, 2.05) is 6.07 Å². The summed E-state index contributed by atoms with van der Waals surface area (Å²) in [7, 11) is 2.19. The second kappa shape index (κ2) is 9.29.